The first-order valence-corrected chi connectivity index (χ1v) is 10.9. The third-order valence-electron chi connectivity index (χ3n) is 5.80. The zero-order valence-electron chi connectivity index (χ0n) is 18.4. The first-order chi connectivity index (χ1) is 16.9. The lowest BCUT2D eigenvalue weighted by Crippen LogP contribution is -2.39. The van der Waals surface area contributed by atoms with E-state index in [1.165, 1.54) is 15.6 Å². The van der Waals surface area contributed by atoms with Crippen molar-refractivity contribution >= 4 is 28.5 Å². The lowest BCUT2D eigenvalue weighted by atomic mass is 10.2. The minimum absolute atomic E-state index is 0.0617. The second kappa shape index (κ2) is 9.13. The number of anilines is 1. The molecule has 7 nitrogen and oxygen atoms in total. The molecule has 178 valence electrons. The molecule has 1 aromatic heterocycles. The lowest BCUT2D eigenvalue weighted by Gasteiger charge is -2.19. The molecular formula is C25H20F3N5O2. The molecule has 4 aromatic rings. The normalized spacial score (nSPS) is 13.6. The number of nitrogens with zero attached hydrogens (tertiary/aromatic N) is 4. The summed E-state index contributed by atoms with van der Waals surface area (Å²) in [6.45, 7) is 0.412. The Hall–Kier alpha value is -4.34. The Labute approximate surface area is 198 Å². The van der Waals surface area contributed by atoms with Gasteiger partial charge in [0.15, 0.2) is 0 Å². The Morgan fingerprint density at radius 2 is 1.69 bits per heavy atom. The number of hydrogen-bond donors (Lipinski definition) is 1. The van der Waals surface area contributed by atoms with Gasteiger partial charge in [-0.3, -0.25) is 9.69 Å². The third-order valence-corrected chi connectivity index (χ3v) is 5.80. The van der Waals surface area contributed by atoms with Gasteiger partial charge in [-0.15, -0.1) is 0 Å². The predicted octanol–water partition coefficient (Wildman–Crippen LogP) is 4.00. The lowest BCUT2D eigenvalue weighted by molar-refractivity contribution is -0.121. The molecule has 1 aliphatic heterocycles. The van der Waals surface area contributed by atoms with Crippen LogP contribution in [0.4, 0.5) is 23.7 Å². The van der Waals surface area contributed by atoms with Crippen LogP contribution in [0.25, 0.3) is 16.6 Å². The van der Waals surface area contributed by atoms with Crippen LogP contribution in [0.5, 0.6) is 0 Å². The number of halogens is 3. The van der Waals surface area contributed by atoms with Gasteiger partial charge >= 0.3 is 6.03 Å². The number of para-hydroxylation sites is 1. The number of fused-ring (bicyclic) bond motifs is 1. The molecule has 0 radical (unpaired) electrons. The van der Waals surface area contributed by atoms with E-state index in [9.17, 15) is 22.8 Å². The number of amides is 3. The van der Waals surface area contributed by atoms with Gasteiger partial charge < -0.3 is 10.2 Å². The van der Waals surface area contributed by atoms with Crippen molar-refractivity contribution in [3.8, 4) is 5.69 Å². The maximum atomic E-state index is 14.3. The fourth-order valence-electron chi connectivity index (χ4n) is 4.18. The van der Waals surface area contributed by atoms with Crippen LogP contribution in [0.2, 0.25) is 0 Å². The highest BCUT2D eigenvalue weighted by molar-refractivity contribution is 6.04. The molecule has 1 N–H and O–H groups in total. The first kappa shape index (κ1) is 22.5. The molecule has 0 atom stereocenters. The van der Waals surface area contributed by atoms with Crippen molar-refractivity contribution in [2.75, 3.05) is 24.5 Å². The van der Waals surface area contributed by atoms with E-state index in [2.05, 4.69) is 10.4 Å². The summed E-state index contributed by atoms with van der Waals surface area (Å²) >= 11 is 0. The fraction of sp³-hybridized carbons (Fsp3) is 0.160. The highest BCUT2D eigenvalue weighted by Gasteiger charge is 2.32. The topological polar surface area (TPSA) is 70.5 Å². The van der Waals surface area contributed by atoms with E-state index >= 15 is 0 Å². The van der Waals surface area contributed by atoms with E-state index in [1.54, 1.807) is 47.5 Å². The summed E-state index contributed by atoms with van der Waals surface area (Å²) in [7, 11) is 0. The van der Waals surface area contributed by atoms with E-state index in [4.69, 9.17) is 0 Å². The molecule has 3 aromatic carbocycles. The molecule has 0 unspecified atom stereocenters. The van der Waals surface area contributed by atoms with Crippen molar-refractivity contribution in [3.63, 3.8) is 0 Å². The second-order valence-corrected chi connectivity index (χ2v) is 8.13. The molecule has 35 heavy (non-hydrogen) atoms. The Morgan fingerprint density at radius 1 is 0.943 bits per heavy atom. The van der Waals surface area contributed by atoms with Crippen LogP contribution in [-0.2, 0) is 11.3 Å². The molecule has 1 saturated heterocycles. The van der Waals surface area contributed by atoms with Gasteiger partial charge in [-0.2, -0.15) is 5.10 Å². The van der Waals surface area contributed by atoms with Crippen LogP contribution in [-0.4, -0.2) is 46.3 Å². The van der Waals surface area contributed by atoms with Crippen molar-refractivity contribution in [2.45, 2.75) is 6.54 Å². The summed E-state index contributed by atoms with van der Waals surface area (Å²) in [5.41, 5.74) is 1.82. The monoisotopic (exact) mass is 479 g/mol. The Kier molecular flexibility index (Phi) is 5.86. The molecule has 1 aliphatic rings. The molecule has 1 fully saturated rings. The predicted molar refractivity (Wildman–Crippen MR) is 124 cm³/mol. The van der Waals surface area contributed by atoms with E-state index < -0.39 is 23.4 Å². The molecule has 2 heterocycles. The second-order valence-electron chi connectivity index (χ2n) is 8.13. The van der Waals surface area contributed by atoms with Crippen molar-refractivity contribution in [2.24, 2.45) is 0 Å². The molecule has 3 amide bonds. The highest BCUT2D eigenvalue weighted by atomic mass is 19.1. The van der Waals surface area contributed by atoms with Gasteiger partial charge in [-0.1, -0.05) is 18.2 Å². The standard InChI is InChI=1S/C25H20F3N5O2/c26-17-10-16(11-18(27)12-17)13-29-24(34)15-31-8-9-32(25(31)35)21-6-3-7-22-19(21)14-30-33(22)23-5-2-1-4-20(23)28/h1-7,10-12,14H,8-9,13,15H2,(H,29,34). The number of benzene rings is 3. The Bertz CT molecular complexity index is 1420. The minimum Gasteiger partial charge on any atom is -0.350 e. The van der Waals surface area contributed by atoms with E-state index in [0.717, 1.165) is 18.2 Å². The summed E-state index contributed by atoms with van der Waals surface area (Å²) in [5.74, 6) is -2.33. The number of hydrogen-bond acceptors (Lipinski definition) is 3. The van der Waals surface area contributed by atoms with Crippen LogP contribution in [0.3, 0.4) is 0 Å². The van der Waals surface area contributed by atoms with Gasteiger partial charge in [0.05, 0.1) is 17.4 Å². The maximum Gasteiger partial charge on any atom is 0.325 e. The van der Waals surface area contributed by atoms with E-state index in [0.29, 0.717) is 35.4 Å². The molecule has 0 bridgehead atoms. The summed E-state index contributed by atoms with van der Waals surface area (Å²) in [6.07, 6.45) is 1.58. The average Bonchev–Trinajstić information content (AvgIpc) is 3.41. The molecule has 0 aliphatic carbocycles. The minimum atomic E-state index is -0.730. The van der Waals surface area contributed by atoms with Gasteiger partial charge in [-0.05, 0) is 42.0 Å². The van der Waals surface area contributed by atoms with Gasteiger partial charge in [0.2, 0.25) is 5.91 Å². The maximum absolute atomic E-state index is 14.3. The van der Waals surface area contributed by atoms with Crippen LogP contribution in [0.1, 0.15) is 5.56 Å². The molecular weight excluding hydrogens is 459 g/mol. The number of carbonyl (C=O) groups excluding carboxylic acids is 2. The van der Waals surface area contributed by atoms with E-state index in [-0.39, 0.29) is 24.7 Å². The van der Waals surface area contributed by atoms with Crippen molar-refractivity contribution in [1.29, 1.82) is 0 Å². The highest BCUT2D eigenvalue weighted by Crippen LogP contribution is 2.31. The molecule has 0 saturated carbocycles. The Morgan fingerprint density at radius 3 is 2.46 bits per heavy atom. The SMILES string of the molecule is O=C(CN1CCN(c2cccc3c2cnn3-c2ccccc2F)C1=O)NCc1cc(F)cc(F)c1. The zero-order valence-corrected chi connectivity index (χ0v) is 18.4. The van der Waals surface area contributed by atoms with Gasteiger partial charge in [0.25, 0.3) is 0 Å². The summed E-state index contributed by atoms with van der Waals surface area (Å²) in [6, 6.07) is 14.3. The van der Waals surface area contributed by atoms with E-state index in [1.807, 2.05) is 0 Å². The molecule has 0 spiro atoms. The largest absolute Gasteiger partial charge is 0.350 e. The number of urea groups is 1. The smallest absolute Gasteiger partial charge is 0.325 e. The van der Waals surface area contributed by atoms with Gasteiger partial charge in [0, 0.05) is 31.1 Å². The third kappa shape index (κ3) is 4.42. The average molecular weight is 479 g/mol. The van der Waals surface area contributed by atoms with Crippen LogP contribution >= 0.6 is 0 Å². The number of carbonyl (C=O) groups is 2. The van der Waals surface area contributed by atoms with Crippen molar-refractivity contribution in [3.05, 3.63) is 89.9 Å². The fourth-order valence-corrected chi connectivity index (χ4v) is 4.18. The quantitative estimate of drug-likeness (QED) is 0.455. The van der Waals surface area contributed by atoms with Gasteiger partial charge in [-0.25, -0.2) is 22.6 Å². The summed E-state index contributed by atoms with van der Waals surface area (Å²) in [4.78, 5) is 28.4. The van der Waals surface area contributed by atoms with Gasteiger partial charge in [0.1, 0.15) is 29.7 Å². The number of rotatable bonds is 6. The Balaban J connectivity index is 1.30. The van der Waals surface area contributed by atoms with Crippen LogP contribution in [0, 0.1) is 17.5 Å². The number of nitrogens with one attached hydrogen (secondary N) is 1. The van der Waals surface area contributed by atoms with Crippen molar-refractivity contribution in [1.82, 2.24) is 20.0 Å². The summed E-state index contributed by atoms with van der Waals surface area (Å²) < 4.78 is 42.5. The van der Waals surface area contributed by atoms with Crippen molar-refractivity contribution < 1.29 is 22.8 Å². The first-order valence-electron chi connectivity index (χ1n) is 10.9. The van der Waals surface area contributed by atoms with Crippen LogP contribution < -0.4 is 10.2 Å². The molecule has 5 rings (SSSR count). The van der Waals surface area contributed by atoms with Crippen LogP contribution in [0.15, 0.2) is 66.9 Å². The summed E-state index contributed by atoms with van der Waals surface area (Å²) in [5, 5.41) is 7.57. The number of aromatic nitrogens is 2. The molecule has 10 heteroatoms. The zero-order chi connectivity index (χ0) is 24.5.